The Bertz CT molecular complexity index is 600. The summed E-state index contributed by atoms with van der Waals surface area (Å²) in [5.74, 6) is -0.303. The Morgan fingerprint density at radius 3 is 2.15 bits per heavy atom. The van der Waals surface area contributed by atoms with Gasteiger partial charge in [0.2, 0.25) is 20.0 Å². The van der Waals surface area contributed by atoms with Crippen molar-refractivity contribution in [2.24, 2.45) is 0 Å². The zero-order valence-corrected chi connectivity index (χ0v) is 12.8. The zero-order chi connectivity index (χ0) is 15.1. The summed E-state index contributed by atoms with van der Waals surface area (Å²) in [7, 11) is -5.43. The standard InChI is InChI=1S/C11H19N3O4S2/c1-12-7-8-13-19(15,16)10-9-14-20(17,18)11-5-3-2-4-6-11/h2-6,12-14H,7-10H2,1H3. The Kier molecular flexibility index (Phi) is 6.56. The molecule has 0 spiro atoms. The second-order valence-corrected chi connectivity index (χ2v) is 7.72. The highest BCUT2D eigenvalue weighted by Gasteiger charge is 2.15. The molecule has 3 N–H and O–H groups in total. The molecule has 7 nitrogen and oxygen atoms in total. The highest BCUT2D eigenvalue weighted by Crippen LogP contribution is 2.06. The fourth-order valence-electron chi connectivity index (χ4n) is 1.40. The molecule has 0 aliphatic heterocycles. The average Bonchev–Trinajstić information content (AvgIpc) is 2.39. The van der Waals surface area contributed by atoms with Gasteiger partial charge in [0.15, 0.2) is 0 Å². The Morgan fingerprint density at radius 2 is 1.55 bits per heavy atom. The maximum atomic E-state index is 11.8. The number of likely N-dealkylation sites (N-methyl/N-ethyl adjacent to an activating group) is 1. The van der Waals surface area contributed by atoms with E-state index >= 15 is 0 Å². The molecule has 0 heterocycles. The fourth-order valence-corrected chi connectivity index (χ4v) is 3.51. The highest BCUT2D eigenvalue weighted by molar-refractivity contribution is 7.90. The Balaban J connectivity index is 2.48. The number of benzene rings is 1. The van der Waals surface area contributed by atoms with Crippen molar-refractivity contribution in [3.63, 3.8) is 0 Å². The first kappa shape index (κ1) is 17.1. The van der Waals surface area contributed by atoms with E-state index in [1.54, 1.807) is 25.2 Å². The molecule has 0 unspecified atom stereocenters. The van der Waals surface area contributed by atoms with Crippen molar-refractivity contribution in [3.8, 4) is 0 Å². The molecule has 114 valence electrons. The second-order valence-electron chi connectivity index (χ2n) is 4.03. The molecule has 0 bridgehead atoms. The number of hydrogen-bond donors (Lipinski definition) is 3. The predicted octanol–water partition coefficient (Wildman–Crippen LogP) is -0.896. The normalized spacial score (nSPS) is 12.4. The van der Waals surface area contributed by atoms with E-state index in [0.29, 0.717) is 6.54 Å². The van der Waals surface area contributed by atoms with Gasteiger partial charge >= 0.3 is 0 Å². The summed E-state index contributed by atoms with van der Waals surface area (Å²) in [6.45, 7) is 0.603. The lowest BCUT2D eigenvalue weighted by molar-refractivity contribution is 0.574. The van der Waals surface area contributed by atoms with E-state index in [4.69, 9.17) is 0 Å². The van der Waals surface area contributed by atoms with Crippen molar-refractivity contribution in [1.82, 2.24) is 14.8 Å². The minimum atomic E-state index is -3.66. The van der Waals surface area contributed by atoms with Crippen molar-refractivity contribution >= 4 is 20.0 Å². The minimum absolute atomic E-state index is 0.112. The average molecular weight is 321 g/mol. The molecule has 0 saturated carbocycles. The van der Waals surface area contributed by atoms with Crippen LogP contribution in [0.5, 0.6) is 0 Å². The van der Waals surface area contributed by atoms with Crippen molar-refractivity contribution in [1.29, 1.82) is 0 Å². The van der Waals surface area contributed by atoms with Gasteiger partial charge in [0.05, 0.1) is 10.6 Å². The summed E-state index contributed by atoms with van der Waals surface area (Å²) in [6.07, 6.45) is 0. The van der Waals surface area contributed by atoms with Crippen molar-refractivity contribution < 1.29 is 16.8 Å². The van der Waals surface area contributed by atoms with Crippen LogP contribution in [0.1, 0.15) is 0 Å². The third-order valence-electron chi connectivity index (χ3n) is 2.41. The van der Waals surface area contributed by atoms with Gasteiger partial charge in [0.1, 0.15) is 0 Å². The van der Waals surface area contributed by atoms with E-state index in [2.05, 4.69) is 14.8 Å². The summed E-state index contributed by atoms with van der Waals surface area (Å²) in [5, 5.41) is 2.80. The van der Waals surface area contributed by atoms with Crippen LogP contribution in [-0.2, 0) is 20.0 Å². The lowest BCUT2D eigenvalue weighted by atomic mass is 10.4. The molecule has 0 radical (unpaired) electrons. The Labute approximate surface area is 119 Å². The van der Waals surface area contributed by atoms with Crippen LogP contribution >= 0.6 is 0 Å². The van der Waals surface area contributed by atoms with Crippen LogP contribution in [0.2, 0.25) is 0 Å². The smallest absolute Gasteiger partial charge is 0.240 e. The van der Waals surface area contributed by atoms with Gasteiger partial charge in [-0.05, 0) is 19.2 Å². The van der Waals surface area contributed by atoms with E-state index in [1.165, 1.54) is 12.1 Å². The second kappa shape index (κ2) is 7.70. The minimum Gasteiger partial charge on any atom is -0.318 e. The molecule has 0 aliphatic rings. The molecule has 0 aliphatic carbocycles. The number of sulfonamides is 2. The van der Waals surface area contributed by atoms with E-state index in [9.17, 15) is 16.8 Å². The van der Waals surface area contributed by atoms with Crippen LogP contribution in [0.4, 0.5) is 0 Å². The van der Waals surface area contributed by atoms with Crippen LogP contribution in [-0.4, -0.2) is 49.3 Å². The van der Waals surface area contributed by atoms with Gasteiger partial charge in [-0.3, -0.25) is 0 Å². The van der Waals surface area contributed by atoms with Gasteiger partial charge in [-0.1, -0.05) is 18.2 Å². The van der Waals surface area contributed by atoms with Crippen LogP contribution < -0.4 is 14.8 Å². The molecule has 1 aromatic carbocycles. The van der Waals surface area contributed by atoms with Crippen LogP contribution in [0, 0.1) is 0 Å². The summed E-state index contributed by atoms with van der Waals surface area (Å²) in [6, 6.07) is 7.80. The van der Waals surface area contributed by atoms with Crippen molar-refractivity contribution in [3.05, 3.63) is 30.3 Å². The van der Waals surface area contributed by atoms with Crippen molar-refractivity contribution in [2.75, 3.05) is 32.4 Å². The number of nitrogens with one attached hydrogen (secondary N) is 3. The summed E-state index contributed by atoms with van der Waals surface area (Å²) in [4.78, 5) is 0.112. The van der Waals surface area contributed by atoms with Gasteiger partial charge < -0.3 is 5.32 Å². The van der Waals surface area contributed by atoms with Crippen LogP contribution in [0.3, 0.4) is 0 Å². The molecule has 20 heavy (non-hydrogen) atoms. The first-order chi connectivity index (χ1) is 9.37. The molecule has 0 fully saturated rings. The molecule has 0 saturated heterocycles. The molecular weight excluding hydrogens is 302 g/mol. The molecule has 9 heteroatoms. The van der Waals surface area contributed by atoms with Gasteiger partial charge in [-0.15, -0.1) is 0 Å². The maximum Gasteiger partial charge on any atom is 0.240 e. The van der Waals surface area contributed by atoms with Gasteiger partial charge in [-0.25, -0.2) is 26.3 Å². The maximum absolute atomic E-state index is 11.8. The summed E-state index contributed by atoms with van der Waals surface area (Å²) in [5.41, 5.74) is 0. The third kappa shape index (κ3) is 5.97. The molecule has 0 atom stereocenters. The quantitative estimate of drug-likeness (QED) is 0.512. The zero-order valence-electron chi connectivity index (χ0n) is 11.2. The number of rotatable bonds is 9. The highest BCUT2D eigenvalue weighted by atomic mass is 32.2. The third-order valence-corrected chi connectivity index (χ3v) is 5.28. The first-order valence-electron chi connectivity index (χ1n) is 6.04. The van der Waals surface area contributed by atoms with E-state index in [0.717, 1.165) is 0 Å². The number of hydrogen-bond acceptors (Lipinski definition) is 5. The molecule has 1 rings (SSSR count). The van der Waals surface area contributed by atoms with Crippen LogP contribution in [0.15, 0.2) is 35.2 Å². The van der Waals surface area contributed by atoms with Gasteiger partial charge in [-0.2, -0.15) is 0 Å². The lowest BCUT2D eigenvalue weighted by Gasteiger charge is -2.08. The lowest BCUT2D eigenvalue weighted by Crippen LogP contribution is -2.36. The molecule has 0 aromatic heterocycles. The largest absolute Gasteiger partial charge is 0.318 e. The molecule has 1 aromatic rings. The monoisotopic (exact) mass is 321 g/mol. The Hall–Kier alpha value is -1.00. The topological polar surface area (TPSA) is 104 Å². The van der Waals surface area contributed by atoms with E-state index in [-0.39, 0.29) is 23.7 Å². The molecular formula is C11H19N3O4S2. The van der Waals surface area contributed by atoms with Gasteiger partial charge in [0, 0.05) is 19.6 Å². The van der Waals surface area contributed by atoms with Gasteiger partial charge in [0.25, 0.3) is 0 Å². The summed E-state index contributed by atoms with van der Waals surface area (Å²) >= 11 is 0. The van der Waals surface area contributed by atoms with E-state index < -0.39 is 20.0 Å². The predicted molar refractivity (Wildman–Crippen MR) is 77.3 cm³/mol. The van der Waals surface area contributed by atoms with E-state index in [1.807, 2.05) is 0 Å². The van der Waals surface area contributed by atoms with Crippen LogP contribution in [0.25, 0.3) is 0 Å². The van der Waals surface area contributed by atoms with Crippen molar-refractivity contribution in [2.45, 2.75) is 4.90 Å². The first-order valence-corrected chi connectivity index (χ1v) is 9.17. The SMILES string of the molecule is CNCCNS(=O)(=O)CCNS(=O)(=O)c1ccccc1. The fraction of sp³-hybridized carbons (Fsp3) is 0.455. The Morgan fingerprint density at radius 1 is 0.900 bits per heavy atom. The molecule has 0 amide bonds. The summed E-state index contributed by atoms with van der Waals surface area (Å²) < 4.78 is 51.4.